The molecule has 0 bridgehead atoms. The molecule has 0 aliphatic rings. The maximum atomic E-state index is 14.0. The standard InChI is InChI=1S/C30H22F4N2O4/c31-24-14-9-19(15-22(24)16-28(37)38)18-39-27-8-4-1-5-21(27)17-36-26-7-3-2-6-25(26)35-29(36)20-10-12-23(13-11-20)40-30(32,33)34/h1-15H,16-18H2,(H,37,38). The summed E-state index contributed by atoms with van der Waals surface area (Å²) >= 11 is 0. The minimum absolute atomic E-state index is 0.0723. The van der Waals surface area contributed by atoms with Crippen LogP contribution < -0.4 is 9.47 Å². The van der Waals surface area contributed by atoms with Crippen LogP contribution in [0.5, 0.6) is 11.5 Å². The third-order valence-corrected chi connectivity index (χ3v) is 6.15. The molecule has 0 atom stereocenters. The third-order valence-electron chi connectivity index (χ3n) is 6.15. The van der Waals surface area contributed by atoms with Crippen molar-refractivity contribution in [1.29, 1.82) is 0 Å². The second-order valence-corrected chi connectivity index (χ2v) is 8.98. The number of aromatic nitrogens is 2. The van der Waals surface area contributed by atoms with E-state index in [1.54, 1.807) is 6.07 Å². The summed E-state index contributed by atoms with van der Waals surface area (Å²) in [6, 6.07) is 24.6. The van der Waals surface area contributed by atoms with E-state index >= 15 is 0 Å². The molecule has 40 heavy (non-hydrogen) atoms. The lowest BCUT2D eigenvalue weighted by Crippen LogP contribution is -2.17. The van der Waals surface area contributed by atoms with Gasteiger partial charge in [0.25, 0.3) is 0 Å². The SMILES string of the molecule is O=C(O)Cc1cc(COc2ccccc2Cn2c(-c3ccc(OC(F)(F)F)cc3)nc3ccccc32)ccc1F. The Morgan fingerprint density at radius 2 is 1.62 bits per heavy atom. The Balaban J connectivity index is 1.44. The Bertz CT molecular complexity index is 1660. The predicted molar refractivity (Wildman–Crippen MR) is 139 cm³/mol. The molecule has 4 aromatic carbocycles. The fourth-order valence-electron chi connectivity index (χ4n) is 4.38. The van der Waals surface area contributed by atoms with Crippen LogP contribution in [-0.4, -0.2) is 27.0 Å². The van der Waals surface area contributed by atoms with Crippen LogP contribution in [0.1, 0.15) is 16.7 Å². The van der Waals surface area contributed by atoms with E-state index in [0.717, 1.165) is 11.1 Å². The lowest BCUT2D eigenvalue weighted by Gasteiger charge is -2.15. The van der Waals surface area contributed by atoms with E-state index in [4.69, 9.17) is 14.8 Å². The third kappa shape index (κ3) is 6.23. The van der Waals surface area contributed by atoms with E-state index in [1.165, 1.54) is 42.5 Å². The molecule has 0 aliphatic heterocycles. The first-order valence-corrected chi connectivity index (χ1v) is 12.2. The summed E-state index contributed by atoms with van der Waals surface area (Å²) in [5.41, 5.74) is 3.62. The number of carboxylic acids is 1. The van der Waals surface area contributed by atoms with Crippen molar-refractivity contribution in [3.8, 4) is 22.9 Å². The normalized spacial score (nSPS) is 11.5. The predicted octanol–water partition coefficient (Wildman–Crippen LogP) is 7.00. The van der Waals surface area contributed by atoms with Gasteiger partial charge in [0.2, 0.25) is 0 Å². The number of alkyl halides is 3. The number of aliphatic carboxylic acids is 1. The van der Waals surface area contributed by atoms with Gasteiger partial charge in [-0.3, -0.25) is 4.79 Å². The monoisotopic (exact) mass is 550 g/mol. The first-order valence-electron chi connectivity index (χ1n) is 12.2. The average Bonchev–Trinajstić information content (AvgIpc) is 3.27. The van der Waals surface area contributed by atoms with Crippen LogP contribution in [-0.2, 0) is 24.4 Å². The van der Waals surface area contributed by atoms with Gasteiger partial charge in [-0.1, -0.05) is 36.4 Å². The topological polar surface area (TPSA) is 73.6 Å². The van der Waals surface area contributed by atoms with Gasteiger partial charge >= 0.3 is 12.3 Å². The molecule has 0 amide bonds. The Labute approximate surface area is 226 Å². The summed E-state index contributed by atoms with van der Waals surface area (Å²) in [7, 11) is 0. The molecule has 6 nitrogen and oxygen atoms in total. The first-order chi connectivity index (χ1) is 19.2. The van der Waals surface area contributed by atoms with Gasteiger partial charge in [0.1, 0.15) is 29.7 Å². The van der Waals surface area contributed by atoms with Crippen LogP contribution in [0, 0.1) is 5.82 Å². The highest BCUT2D eigenvalue weighted by Gasteiger charge is 2.31. The smallest absolute Gasteiger partial charge is 0.489 e. The van der Waals surface area contributed by atoms with Crippen molar-refractivity contribution in [2.75, 3.05) is 0 Å². The van der Waals surface area contributed by atoms with Gasteiger partial charge in [-0.2, -0.15) is 0 Å². The molecule has 0 saturated carbocycles. The second-order valence-electron chi connectivity index (χ2n) is 8.98. The molecule has 0 saturated heterocycles. The largest absolute Gasteiger partial charge is 0.573 e. The summed E-state index contributed by atoms with van der Waals surface area (Å²) in [6.07, 6.45) is -5.22. The Hall–Kier alpha value is -4.86. The molecule has 0 spiro atoms. The number of fused-ring (bicyclic) bond motifs is 1. The number of benzene rings is 4. The molecule has 1 N–H and O–H groups in total. The van der Waals surface area contributed by atoms with E-state index in [0.29, 0.717) is 34.8 Å². The molecule has 1 aromatic heterocycles. The fourth-order valence-corrected chi connectivity index (χ4v) is 4.38. The zero-order valence-corrected chi connectivity index (χ0v) is 20.9. The van der Waals surface area contributed by atoms with Crippen LogP contribution >= 0.6 is 0 Å². The van der Waals surface area contributed by atoms with Gasteiger partial charge in [-0.05, 0) is 65.7 Å². The van der Waals surface area contributed by atoms with Gasteiger partial charge in [0.05, 0.1) is 24.0 Å². The molecular weight excluding hydrogens is 528 g/mol. The van der Waals surface area contributed by atoms with Crippen LogP contribution in [0.2, 0.25) is 0 Å². The number of hydrogen-bond donors (Lipinski definition) is 1. The van der Waals surface area contributed by atoms with Gasteiger partial charge < -0.3 is 19.1 Å². The number of halogens is 4. The molecule has 1 heterocycles. The Morgan fingerprint density at radius 1 is 0.900 bits per heavy atom. The highest BCUT2D eigenvalue weighted by atomic mass is 19.4. The Morgan fingerprint density at radius 3 is 2.38 bits per heavy atom. The lowest BCUT2D eigenvalue weighted by molar-refractivity contribution is -0.274. The van der Waals surface area contributed by atoms with Crippen molar-refractivity contribution in [2.24, 2.45) is 0 Å². The number of nitrogens with zero attached hydrogens (tertiary/aromatic N) is 2. The highest BCUT2D eigenvalue weighted by molar-refractivity contribution is 5.81. The van der Waals surface area contributed by atoms with E-state index in [2.05, 4.69) is 4.74 Å². The molecule has 0 fully saturated rings. The van der Waals surface area contributed by atoms with Crippen molar-refractivity contribution in [3.05, 3.63) is 114 Å². The summed E-state index contributed by atoms with van der Waals surface area (Å²) in [5, 5.41) is 9.03. The van der Waals surface area contributed by atoms with E-state index in [1.807, 2.05) is 47.0 Å². The molecule has 0 unspecified atom stereocenters. The quantitative estimate of drug-likeness (QED) is 0.200. The van der Waals surface area contributed by atoms with Crippen molar-refractivity contribution in [2.45, 2.75) is 25.9 Å². The van der Waals surface area contributed by atoms with Crippen LogP contribution in [0.4, 0.5) is 17.6 Å². The number of imidazole rings is 1. The second kappa shape index (κ2) is 11.1. The summed E-state index contributed by atoms with van der Waals surface area (Å²) < 4.78 is 63.9. The number of carboxylic acid groups (broad SMARTS) is 1. The van der Waals surface area contributed by atoms with Crippen LogP contribution in [0.3, 0.4) is 0 Å². The molecule has 204 valence electrons. The molecule has 0 aliphatic carbocycles. The van der Waals surface area contributed by atoms with E-state index < -0.39 is 24.6 Å². The Kier molecular flexibility index (Phi) is 7.41. The van der Waals surface area contributed by atoms with Gasteiger partial charge in [0.15, 0.2) is 0 Å². The minimum Gasteiger partial charge on any atom is -0.489 e. The van der Waals surface area contributed by atoms with Crippen molar-refractivity contribution in [1.82, 2.24) is 9.55 Å². The number of rotatable bonds is 9. The van der Waals surface area contributed by atoms with Crippen LogP contribution in [0.25, 0.3) is 22.4 Å². The number of para-hydroxylation sites is 3. The number of hydrogen-bond acceptors (Lipinski definition) is 4. The molecule has 5 aromatic rings. The fraction of sp³-hybridized carbons (Fsp3) is 0.133. The van der Waals surface area contributed by atoms with Crippen LogP contribution in [0.15, 0.2) is 91.0 Å². The van der Waals surface area contributed by atoms with Crippen molar-refractivity contribution in [3.63, 3.8) is 0 Å². The van der Waals surface area contributed by atoms with Crippen molar-refractivity contribution < 1.29 is 36.9 Å². The lowest BCUT2D eigenvalue weighted by atomic mass is 10.1. The maximum Gasteiger partial charge on any atom is 0.573 e. The number of carbonyl (C=O) groups is 1. The highest BCUT2D eigenvalue weighted by Crippen LogP contribution is 2.31. The average molecular weight is 551 g/mol. The summed E-state index contributed by atoms with van der Waals surface area (Å²) in [5.74, 6) is -0.946. The maximum absolute atomic E-state index is 14.0. The van der Waals surface area contributed by atoms with Gasteiger partial charge in [-0.15, -0.1) is 13.2 Å². The van der Waals surface area contributed by atoms with E-state index in [9.17, 15) is 22.4 Å². The zero-order chi connectivity index (χ0) is 28.3. The number of ether oxygens (including phenoxy) is 2. The van der Waals surface area contributed by atoms with Gasteiger partial charge in [0, 0.05) is 11.1 Å². The molecule has 5 rings (SSSR count). The minimum atomic E-state index is -4.79. The molecule has 10 heteroatoms. The zero-order valence-electron chi connectivity index (χ0n) is 20.9. The molecular formula is C30H22F4N2O4. The van der Waals surface area contributed by atoms with Crippen molar-refractivity contribution >= 4 is 17.0 Å². The first kappa shape index (κ1) is 26.7. The summed E-state index contributed by atoms with van der Waals surface area (Å²) in [6.45, 7) is 0.419. The molecule has 0 radical (unpaired) electrons. The van der Waals surface area contributed by atoms with E-state index in [-0.39, 0.29) is 17.9 Å². The summed E-state index contributed by atoms with van der Waals surface area (Å²) in [4.78, 5) is 15.8. The van der Waals surface area contributed by atoms with Gasteiger partial charge in [-0.25, -0.2) is 9.37 Å².